The third-order valence-corrected chi connectivity index (χ3v) is 18.7. The number of likely N-dealkylation sites (tertiary alicyclic amines) is 1. The molecule has 3 aliphatic rings. The van der Waals surface area contributed by atoms with Crippen molar-refractivity contribution in [2.24, 2.45) is 29.4 Å². The summed E-state index contributed by atoms with van der Waals surface area (Å²) >= 11 is 15.3. The van der Waals surface area contributed by atoms with Gasteiger partial charge in [-0.15, -0.1) is 20.4 Å². The zero-order chi connectivity index (χ0) is 69.3. The first-order chi connectivity index (χ1) is 46.4. The summed E-state index contributed by atoms with van der Waals surface area (Å²) in [4.78, 5) is 101. The van der Waals surface area contributed by atoms with E-state index in [9.17, 15) is 33.6 Å². The van der Waals surface area contributed by atoms with Crippen LogP contribution < -0.4 is 37.2 Å². The number of primary amides is 1. The number of anilines is 2. The van der Waals surface area contributed by atoms with Crippen LogP contribution in [0.2, 0.25) is 10.6 Å². The molecule has 0 spiro atoms. The van der Waals surface area contributed by atoms with Crippen LogP contribution in [-0.4, -0.2) is 138 Å². The van der Waals surface area contributed by atoms with Gasteiger partial charge in [-0.2, -0.15) is 0 Å². The molecule has 2 aromatic heterocycles. The maximum Gasteiger partial charge on any atom is 0.407 e. The predicted octanol–water partition coefficient (Wildman–Crippen LogP) is 11.8. The SMILES string of the molecule is CC(C)(C)OC(=O)NC[C@H]1CC[C@H](C(=O)N(c2ccc(-c3nnc(Cl)[nH]3)cc2)[C@@H](Cc2cccc(Br)c2)C(N)=O)CC1.CC(C)N1CCC(NC(=O)c2cccc(-c3cccc(C[C@H](NC(=O)[C@H]4CC[C@H](CNC(=O)O)CC4)C(=O)Nc4ccc(-c5nnc(Cl)[nH]5)cc4)c3)c2)CC1. The number of nitrogens with zero attached hydrogens (tertiary/aromatic N) is 6. The Morgan fingerprint density at radius 1 is 0.670 bits per heavy atom. The fourth-order valence-corrected chi connectivity index (χ4v) is 13.3. The zero-order valence-electron chi connectivity index (χ0n) is 55.1. The molecule has 2 atom stereocenters. The topological polar surface area (TPSA) is 325 Å². The van der Waals surface area contributed by atoms with Gasteiger partial charge in [-0.1, -0.05) is 64.5 Å². The molecule has 23 nitrogen and oxygen atoms in total. The van der Waals surface area contributed by atoms with Crippen molar-refractivity contribution in [1.29, 1.82) is 0 Å². The van der Waals surface area contributed by atoms with Gasteiger partial charge in [-0.25, -0.2) is 9.59 Å². The lowest BCUT2D eigenvalue weighted by molar-refractivity contribution is -0.130. The number of ether oxygens (including phenoxy) is 1. The highest BCUT2D eigenvalue weighted by Gasteiger charge is 2.37. The van der Waals surface area contributed by atoms with Crippen molar-refractivity contribution in [3.05, 3.63) is 153 Å². The second kappa shape index (κ2) is 34.0. The molecule has 7 aromatic rings. The number of H-pyrrole nitrogens is 2. The molecule has 26 heteroatoms. The van der Waals surface area contributed by atoms with E-state index in [1.165, 1.54) is 0 Å². The van der Waals surface area contributed by atoms with E-state index in [1.54, 1.807) is 53.4 Å². The van der Waals surface area contributed by atoms with Gasteiger partial charge in [0.1, 0.15) is 17.7 Å². The molecule has 514 valence electrons. The van der Waals surface area contributed by atoms with Gasteiger partial charge in [0.2, 0.25) is 34.2 Å². The minimum atomic E-state index is -1.05. The van der Waals surface area contributed by atoms with Crippen molar-refractivity contribution < 1.29 is 43.4 Å². The number of carbonyl (C=O) groups is 7. The quantitative estimate of drug-likeness (QED) is 0.0305. The predicted molar refractivity (Wildman–Crippen MR) is 376 cm³/mol. The van der Waals surface area contributed by atoms with Gasteiger partial charge in [-0.05, 0) is 229 Å². The molecule has 3 fully saturated rings. The minimum Gasteiger partial charge on any atom is -0.465 e. The second-order valence-corrected chi connectivity index (χ2v) is 28.1. The standard InChI is InChI=1S/C41H49ClN8O5.C30H36BrClN6O4/c1-25(2)50-19-17-34(18-20-50)44-38(52)32-8-4-7-31(23-32)30-6-3-5-27(21-30)22-35(46-37(51)29-11-9-26(10-12-29)24-43-41(54)55)39(53)45-33-15-13-28(14-16-33)36-47-40(42)49-48-36;1-30(2,3)42-29(41)34-17-18-7-9-21(10-8-18)27(40)38(24(25(33)39)16-19-5-4-6-22(31)15-19)23-13-11-20(12-14-23)26-35-28(32)37-36-26/h3-8,13-16,21,23,25-26,29,34-35,43H,9-12,17-20,22,24H2,1-2H3,(H,44,52)(H,45,53)(H,46,51)(H,54,55)(H,47,48,49);4-6,11-15,18,21,24H,7-10,16-17H2,1-3H3,(H2,33,39)(H,34,41)(H,35,36,37)/t26-,29-,35-;18-,21-,24-/m00/s1. The highest BCUT2D eigenvalue weighted by molar-refractivity contribution is 9.10. The zero-order valence-corrected chi connectivity index (χ0v) is 58.2. The van der Waals surface area contributed by atoms with Crippen LogP contribution in [0.15, 0.2) is 126 Å². The van der Waals surface area contributed by atoms with Crippen LogP contribution in [-0.2, 0) is 36.8 Å². The van der Waals surface area contributed by atoms with E-state index >= 15 is 0 Å². The van der Waals surface area contributed by atoms with Crippen LogP contribution in [0, 0.1) is 23.7 Å². The molecule has 97 heavy (non-hydrogen) atoms. The number of halogens is 3. The van der Waals surface area contributed by atoms with Crippen molar-refractivity contribution >= 4 is 92.2 Å². The first-order valence-electron chi connectivity index (χ1n) is 32.9. The molecule has 1 aliphatic heterocycles. The Morgan fingerprint density at radius 2 is 1.22 bits per heavy atom. The Kier molecular flexibility index (Phi) is 25.4. The Balaban J connectivity index is 0.000000236. The second-order valence-electron chi connectivity index (χ2n) is 26.4. The minimum absolute atomic E-state index is 0.0923. The van der Waals surface area contributed by atoms with Crippen LogP contribution in [0.1, 0.15) is 120 Å². The van der Waals surface area contributed by atoms with Crippen molar-refractivity contribution in [1.82, 2.24) is 56.5 Å². The number of alkyl carbamates (subject to hydrolysis) is 1. The van der Waals surface area contributed by atoms with Gasteiger partial charge in [0.15, 0.2) is 11.6 Å². The third kappa shape index (κ3) is 21.4. The number of aromatic nitrogens is 6. The molecule has 5 aromatic carbocycles. The van der Waals surface area contributed by atoms with Crippen molar-refractivity contribution in [3.8, 4) is 33.9 Å². The number of amides is 7. The van der Waals surface area contributed by atoms with Gasteiger partial charge in [0.05, 0.1) is 0 Å². The number of hydrogen-bond donors (Lipinski definition) is 9. The number of hydrogen-bond acceptors (Lipinski definition) is 13. The normalized spacial score (nSPS) is 18.1. The van der Waals surface area contributed by atoms with E-state index in [2.05, 4.69) is 91.6 Å². The monoisotopic (exact) mass is 1430 g/mol. The van der Waals surface area contributed by atoms with E-state index in [0.29, 0.717) is 86.2 Å². The summed E-state index contributed by atoms with van der Waals surface area (Å²) in [6, 6.07) is 36.0. The fourth-order valence-electron chi connectivity index (χ4n) is 12.6. The van der Waals surface area contributed by atoms with E-state index in [1.807, 2.05) is 93.6 Å². The molecule has 2 saturated carbocycles. The van der Waals surface area contributed by atoms with Gasteiger partial charge < -0.3 is 57.0 Å². The molecule has 0 unspecified atom stereocenters. The molecular formula is C71H85BrCl2N14O9. The molecule has 7 amide bonds. The van der Waals surface area contributed by atoms with E-state index in [-0.39, 0.29) is 76.8 Å². The largest absolute Gasteiger partial charge is 0.465 e. The van der Waals surface area contributed by atoms with Gasteiger partial charge in [0, 0.05) is 95.5 Å². The van der Waals surface area contributed by atoms with Crippen molar-refractivity contribution in [2.45, 2.75) is 141 Å². The van der Waals surface area contributed by atoms with E-state index in [4.69, 9.17) is 38.8 Å². The number of rotatable bonds is 22. The first kappa shape index (κ1) is 72.6. The summed E-state index contributed by atoms with van der Waals surface area (Å²) in [6.45, 7) is 12.6. The summed E-state index contributed by atoms with van der Waals surface area (Å²) in [7, 11) is 0. The maximum absolute atomic E-state index is 14.2. The molecule has 10 rings (SSSR count). The Morgan fingerprint density at radius 3 is 1.76 bits per heavy atom. The average molecular weight is 1430 g/mol. The number of nitrogens with one attached hydrogen (secondary N) is 7. The Labute approximate surface area is 583 Å². The summed E-state index contributed by atoms with van der Waals surface area (Å²) in [6.07, 6.45) is 6.27. The van der Waals surface area contributed by atoms with E-state index < -0.39 is 35.8 Å². The molecule has 0 radical (unpaired) electrons. The lowest BCUT2D eigenvalue weighted by Gasteiger charge is -2.36. The lowest BCUT2D eigenvalue weighted by atomic mass is 9.81. The number of benzene rings is 5. The average Bonchev–Trinajstić information content (AvgIpc) is 1.24. The lowest BCUT2D eigenvalue weighted by Crippen LogP contribution is -2.52. The van der Waals surface area contributed by atoms with Crippen LogP contribution in [0.3, 0.4) is 0 Å². The molecule has 10 N–H and O–H groups in total. The molecular weight excluding hydrogens is 1340 g/mol. The number of nitrogens with two attached hydrogens (primary N) is 1. The third-order valence-electron chi connectivity index (χ3n) is 17.9. The number of aromatic amines is 2. The van der Waals surface area contributed by atoms with Crippen molar-refractivity contribution in [3.63, 3.8) is 0 Å². The summed E-state index contributed by atoms with van der Waals surface area (Å²) in [5.74, 6) is -0.594. The Hall–Kier alpha value is -8.71. The molecule has 2 aliphatic carbocycles. The first-order valence-corrected chi connectivity index (χ1v) is 34.5. The molecule has 3 heterocycles. The van der Waals surface area contributed by atoms with Crippen LogP contribution >= 0.6 is 39.1 Å². The van der Waals surface area contributed by atoms with Crippen LogP contribution in [0.25, 0.3) is 33.9 Å². The Bertz CT molecular complexity index is 3840. The summed E-state index contributed by atoms with van der Waals surface area (Å²) in [5.41, 5.74) is 12.0. The summed E-state index contributed by atoms with van der Waals surface area (Å²) in [5, 5.41) is 39.4. The van der Waals surface area contributed by atoms with Crippen LogP contribution in [0.4, 0.5) is 21.0 Å². The van der Waals surface area contributed by atoms with E-state index in [0.717, 1.165) is 76.6 Å². The maximum atomic E-state index is 14.2. The van der Waals surface area contributed by atoms with Gasteiger partial charge >= 0.3 is 12.2 Å². The molecule has 1 saturated heterocycles. The van der Waals surface area contributed by atoms with Crippen molar-refractivity contribution in [2.75, 3.05) is 36.4 Å². The number of piperidine rings is 1. The highest BCUT2D eigenvalue weighted by atomic mass is 79.9. The summed E-state index contributed by atoms with van der Waals surface area (Å²) < 4.78 is 6.21. The number of carbonyl (C=O) groups excluding carboxylic acids is 6. The van der Waals surface area contributed by atoms with Gasteiger partial charge in [0.25, 0.3) is 5.91 Å². The van der Waals surface area contributed by atoms with Crippen LogP contribution in [0.5, 0.6) is 0 Å². The smallest absolute Gasteiger partial charge is 0.407 e. The number of carboxylic acid groups (broad SMARTS) is 1. The highest BCUT2D eigenvalue weighted by Crippen LogP contribution is 2.35. The fraction of sp³-hybridized carbons (Fsp3) is 0.423. The molecule has 0 bridgehead atoms. The van der Waals surface area contributed by atoms with Gasteiger partial charge in [-0.3, -0.25) is 28.9 Å².